The predicted octanol–water partition coefficient (Wildman–Crippen LogP) is -0.0451. The van der Waals surface area contributed by atoms with Crippen LogP contribution in [-0.2, 0) is 16.4 Å². The van der Waals surface area contributed by atoms with Gasteiger partial charge < -0.3 is 10.6 Å². The third-order valence-electron chi connectivity index (χ3n) is 4.05. The molecular formula is C14H19N3O3S. The average Bonchev–Trinajstić information content (AvgIpc) is 2.47. The molecule has 2 aliphatic rings. The maximum absolute atomic E-state index is 12.8. The van der Waals surface area contributed by atoms with Crippen LogP contribution < -0.4 is 10.6 Å². The van der Waals surface area contributed by atoms with Crippen LogP contribution in [0.3, 0.4) is 0 Å². The van der Waals surface area contributed by atoms with Crippen molar-refractivity contribution in [2.24, 2.45) is 0 Å². The molecule has 1 atom stereocenters. The molecule has 1 aromatic rings. The van der Waals surface area contributed by atoms with E-state index in [2.05, 4.69) is 10.6 Å². The molecule has 0 bridgehead atoms. The first-order valence-corrected chi connectivity index (χ1v) is 8.58. The number of rotatable bonds is 2. The van der Waals surface area contributed by atoms with Crippen LogP contribution in [0.25, 0.3) is 0 Å². The van der Waals surface area contributed by atoms with E-state index in [1.54, 1.807) is 12.1 Å². The lowest BCUT2D eigenvalue weighted by atomic mass is 10.0. The molecule has 2 heterocycles. The van der Waals surface area contributed by atoms with Gasteiger partial charge in [-0.3, -0.25) is 4.79 Å². The zero-order valence-electron chi connectivity index (χ0n) is 11.9. The Morgan fingerprint density at radius 1 is 1.29 bits per heavy atom. The van der Waals surface area contributed by atoms with E-state index in [1.807, 2.05) is 6.92 Å². The second-order valence-corrected chi connectivity index (χ2v) is 7.38. The number of hydrogen-bond acceptors (Lipinski definition) is 4. The van der Waals surface area contributed by atoms with Crippen molar-refractivity contribution in [1.82, 2.24) is 14.9 Å². The standard InChI is InChI=1S/C14H19N3O3S/c1-10-9-15-6-7-17(10)21(19,20)12-3-2-11-4-5-16-14(18)13(11)8-12/h2-3,8,10,15H,4-7,9H2,1H3,(H,16,18)/t10-/m0/s1. The number of fused-ring (bicyclic) bond motifs is 1. The normalized spacial score (nSPS) is 23.5. The summed E-state index contributed by atoms with van der Waals surface area (Å²) in [5, 5.41) is 5.92. The minimum Gasteiger partial charge on any atom is -0.352 e. The van der Waals surface area contributed by atoms with E-state index in [-0.39, 0.29) is 16.8 Å². The molecule has 0 aromatic heterocycles. The largest absolute Gasteiger partial charge is 0.352 e. The van der Waals surface area contributed by atoms with Gasteiger partial charge in [0, 0.05) is 37.8 Å². The second-order valence-electron chi connectivity index (χ2n) is 5.49. The van der Waals surface area contributed by atoms with Gasteiger partial charge in [0.15, 0.2) is 0 Å². The summed E-state index contributed by atoms with van der Waals surface area (Å²) in [7, 11) is -3.55. The Morgan fingerprint density at radius 2 is 2.10 bits per heavy atom. The van der Waals surface area contributed by atoms with Gasteiger partial charge in [-0.1, -0.05) is 6.07 Å². The molecule has 1 saturated heterocycles. The highest BCUT2D eigenvalue weighted by atomic mass is 32.2. The molecule has 0 unspecified atom stereocenters. The Balaban J connectivity index is 1.99. The van der Waals surface area contributed by atoms with E-state index >= 15 is 0 Å². The molecule has 1 amide bonds. The van der Waals surface area contributed by atoms with Gasteiger partial charge in [-0.25, -0.2) is 8.42 Å². The first kappa shape index (κ1) is 14.5. The molecule has 0 aliphatic carbocycles. The van der Waals surface area contributed by atoms with E-state index in [0.717, 1.165) is 12.0 Å². The smallest absolute Gasteiger partial charge is 0.251 e. The molecule has 0 radical (unpaired) electrons. The monoisotopic (exact) mass is 309 g/mol. The first-order valence-electron chi connectivity index (χ1n) is 7.14. The van der Waals surface area contributed by atoms with Crippen LogP contribution in [0.5, 0.6) is 0 Å². The van der Waals surface area contributed by atoms with Gasteiger partial charge in [-0.2, -0.15) is 4.31 Å². The summed E-state index contributed by atoms with van der Waals surface area (Å²) in [4.78, 5) is 12.1. The molecule has 2 aliphatic heterocycles. The summed E-state index contributed by atoms with van der Waals surface area (Å²) in [5.74, 6) is -0.193. The van der Waals surface area contributed by atoms with Crippen molar-refractivity contribution in [2.45, 2.75) is 24.3 Å². The van der Waals surface area contributed by atoms with Gasteiger partial charge in [0.25, 0.3) is 5.91 Å². The summed E-state index contributed by atoms with van der Waals surface area (Å²) in [6.07, 6.45) is 0.742. The highest BCUT2D eigenvalue weighted by Crippen LogP contribution is 2.23. The van der Waals surface area contributed by atoms with Gasteiger partial charge in [0.1, 0.15) is 0 Å². The summed E-state index contributed by atoms with van der Waals surface area (Å²) < 4.78 is 27.0. The van der Waals surface area contributed by atoms with Gasteiger partial charge in [0.05, 0.1) is 4.90 Å². The predicted molar refractivity (Wildman–Crippen MR) is 78.7 cm³/mol. The van der Waals surface area contributed by atoms with Crippen molar-refractivity contribution in [2.75, 3.05) is 26.2 Å². The molecule has 6 nitrogen and oxygen atoms in total. The van der Waals surface area contributed by atoms with Crippen LogP contribution in [0.15, 0.2) is 23.1 Å². The van der Waals surface area contributed by atoms with E-state index in [4.69, 9.17) is 0 Å². The van der Waals surface area contributed by atoms with Crippen molar-refractivity contribution in [1.29, 1.82) is 0 Å². The van der Waals surface area contributed by atoms with Gasteiger partial charge in [-0.15, -0.1) is 0 Å². The zero-order chi connectivity index (χ0) is 15.0. The molecule has 114 valence electrons. The quantitative estimate of drug-likeness (QED) is 0.803. The van der Waals surface area contributed by atoms with E-state index < -0.39 is 10.0 Å². The van der Waals surface area contributed by atoms with Crippen molar-refractivity contribution < 1.29 is 13.2 Å². The summed E-state index contributed by atoms with van der Waals surface area (Å²) in [6, 6.07) is 4.79. The number of nitrogens with zero attached hydrogens (tertiary/aromatic N) is 1. The van der Waals surface area contributed by atoms with Crippen LogP contribution >= 0.6 is 0 Å². The molecular weight excluding hydrogens is 290 g/mol. The van der Waals surface area contributed by atoms with E-state index in [0.29, 0.717) is 31.7 Å². The van der Waals surface area contributed by atoms with Gasteiger partial charge in [-0.05, 0) is 31.0 Å². The number of piperazine rings is 1. The highest BCUT2D eigenvalue weighted by Gasteiger charge is 2.32. The number of amides is 1. The van der Waals surface area contributed by atoms with Crippen LogP contribution in [0, 0.1) is 0 Å². The minimum absolute atomic E-state index is 0.0893. The minimum atomic E-state index is -3.55. The van der Waals surface area contributed by atoms with Crippen molar-refractivity contribution in [3.8, 4) is 0 Å². The summed E-state index contributed by atoms with van der Waals surface area (Å²) >= 11 is 0. The number of benzene rings is 1. The zero-order valence-corrected chi connectivity index (χ0v) is 12.7. The molecule has 1 fully saturated rings. The lowest BCUT2D eigenvalue weighted by Crippen LogP contribution is -2.52. The lowest BCUT2D eigenvalue weighted by Gasteiger charge is -2.33. The first-order chi connectivity index (χ1) is 10.00. The lowest BCUT2D eigenvalue weighted by molar-refractivity contribution is 0.0945. The van der Waals surface area contributed by atoms with Crippen LogP contribution in [0.1, 0.15) is 22.8 Å². The van der Waals surface area contributed by atoms with E-state index in [9.17, 15) is 13.2 Å². The molecule has 3 rings (SSSR count). The van der Waals surface area contributed by atoms with Crippen molar-refractivity contribution >= 4 is 15.9 Å². The van der Waals surface area contributed by atoms with Crippen LogP contribution in [0.2, 0.25) is 0 Å². The Kier molecular flexibility index (Phi) is 3.73. The van der Waals surface area contributed by atoms with Crippen molar-refractivity contribution in [3.63, 3.8) is 0 Å². The number of hydrogen-bond donors (Lipinski definition) is 2. The Bertz CT molecular complexity index is 672. The maximum atomic E-state index is 12.8. The fourth-order valence-corrected chi connectivity index (χ4v) is 4.52. The average molecular weight is 309 g/mol. The van der Waals surface area contributed by atoms with Crippen molar-refractivity contribution in [3.05, 3.63) is 29.3 Å². The van der Waals surface area contributed by atoms with Gasteiger partial charge in [0.2, 0.25) is 10.0 Å². The molecule has 7 heteroatoms. The number of carbonyl (C=O) groups excluding carboxylic acids is 1. The SMILES string of the molecule is C[C@H]1CNCCN1S(=O)(=O)c1ccc2c(c1)C(=O)NCC2. The third kappa shape index (κ3) is 2.56. The van der Waals surface area contributed by atoms with Crippen LogP contribution in [-0.4, -0.2) is 50.9 Å². The molecule has 2 N–H and O–H groups in total. The Morgan fingerprint density at radius 3 is 2.86 bits per heavy atom. The summed E-state index contributed by atoms with van der Waals surface area (Å²) in [6.45, 7) is 4.23. The Labute approximate surface area is 124 Å². The Hall–Kier alpha value is -1.44. The summed E-state index contributed by atoms with van der Waals surface area (Å²) in [5.41, 5.74) is 1.39. The fourth-order valence-electron chi connectivity index (χ4n) is 2.87. The molecule has 0 saturated carbocycles. The molecule has 1 aromatic carbocycles. The number of sulfonamides is 1. The number of carbonyl (C=O) groups is 1. The second kappa shape index (κ2) is 5.40. The maximum Gasteiger partial charge on any atom is 0.251 e. The molecule has 0 spiro atoms. The topological polar surface area (TPSA) is 78.5 Å². The molecule has 21 heavy (non-hydrogen) atoms. The highest BCUT2D eigenvalue weighted by molar-refractivity contribution is 7.89. The van der Waals surface area contributed by atoms with Crippen LogP contribution in [0.4, 0.5) is 0 Å². The van der Waals surface area contributed by atoms with E-state index in [1.165, 1.54) is 10.4 Å². The third-order valence-corrected chi connectivity index (χ3v) is 6.06. The fraction of sp³-hybridized carbons (Fsp3) is 0.500. The van der Waals surface area contributed by atoms with Gasteiger partial charge >= 0.3 is 0 Å². The number of nitrogens with one attached hydrogen (secondary N) is 2.